The van der Waals surface area contributed by atoms with Gasteiger partial charge in [0.15, 0.2) is 0 Å². The lowest BCUT2D eigenvalue weighted by Gasteiger charge is -2.07. The molecule has 1 saturated heterocycles. The molecule has 23 heavy (non-hydrogen) atoms. The van der Waals surface area contributed by atoms with Gasteiger partial charge in [0.1, 0.15) is 0 Å². The molecule has 6 heteroatoms. The number of anilines is 1. The van der Waals surface area contributed by atoms with Crippen LogP contribution in [0.25, 0.3) is 0 Å². The summed E-state index contributed by atoms with van der Waals surface area (Å²) in [4.78, 5) is 25.7. The van der Waals surface area contributed by atoms with Crippen LogP contribution in [0.5, 0.6) is 0 Å². The summed E-state index contributed by atoms with van der Waals surface area (Å²) in [6, 6.07) is 10.9. The maximum atomic E-state index is 12.4. The number of benzene rings is 1. The number of thiophene rings is 1. The molecule has 0 aliphatic carbocycles. The van der Waals surface area contributed by atoms with E-state index >= 15 is 0 Å². The third kappa shape index (κ3) is 3.60. The molecule has 1 unspecified atom stereocenters. The molecule has 1 aliphatic heterocycles. The van der Waals surface area contributed by atoms with Crippen molar-refractivity contribution in [1.29, 1.82) is 0 Å². The van der Waals surface area contributed by atoms with Crippen LogP contribution in [0.15, 0.2) is 36.4 Å². The molecule has 1 aliphatic rings. The van der Waals surface area contributed by atoms with Crippen molar-refractivity contribution in [3.05, 3.63) is 51.7 Å². The second-order valence-electron chi connectivity index (χ2n) is 5.38. The van der Waals surface area contributed by atoms with Gasteiger partial charge >= 0.3 is 5.97 Å². The highest BCUT2D eigenvalue weighted by Gasteiger charge is 2.19. The first kappa shape index (κ1) is 15.7. The summed E-state index contributed by atoms with van der Waals surface area (Å²) in [7, 11) is 1.33. The van der Waals surface area contributed by atoms with E-state index in [-0.39, 0.29) is 5.91 Å². The summed E-state index contributed by atoms with van der Waals surface area (Å²) in [6.07, 6.45) is 2.28. The number of nitrogens with one attached hydrogen (secondary N) is 2. The van der Waals surface area contributed by atoms with Crippen molar-refractivity contribution in [2.75, 3.05) is 19.0 Å². The standard InChI is InChI=1S/C17H18N2O3S/c1-22-17(21)11-4-2-5-12(10-11)19-16(20)15-8-7-14(23-15)13-6-3-9-18-13/h2,4-5,7-8,10,13,18H,3,6,9H2,1H3,(H,19,20). The maximum absolute atomic E-state index is 12.4. The summed E-state index contributed by atoms with van der Waals surface area (Å²) in [5.41, 5.74) is 0.985. The Kier molecular flexibility index (Phi) is 4.73. The van der Waals surface area contributed by atoms with Crippen LogP contribution in [-0.4, -0.2) is 25.5 Å². The van der Waals surface area contributed by atoms with Gasteiger partial charge in [-0.15, -0.1) is 11.3 Å². The highest BCUT2D eigenvalue weighted by molar-refractivity contribution is 7.14. The van der Waals surface area contributed by atoms with Gasteiger partial charge in [-0.3, -0.25) is 4.79 Å². The van der Waals surface area contributed by atoms with Crippen molar-refractivity contribution < 1.29 is 14.3 Å². The Bertz CT molecular complexity index is 720. The van der Waals surface area contributed by atoms with E-state index in [2.05, 4.69) is 15.4 Å². The first-order valence-electron chi connectivity index (χ1n) is 7.50. The number of hydrogen-bond donors (Lipinski definition) is 2. The first-order chi connectivity index (χ1) is 11.2. The zero-order valence-electron chi connectivity index (χ0n) is 12.8. The van der Waals surface area contributed by atoms with Gasteiger partial charge < -0.3 is 15.4 Å². The molecule has 5 nitrogen and oxygen atoms in total. The lowest BCUT2D eigenvalue weighted by molar-refractivity contribution is 0.0600. The molecular weight excluding hydrogens is 312 g/mol. The fourth-order valence-corrected chi connectivity index (χ4v) is 3.64. The number of methoxy groups -OCH3 is 1. The molecule has 1 amide bonds. The largest absolute Gasteiger partial charge is 0.465 e. The van der Waals surface area contributed by atoms with Crippen LogP contribution < -0.4 is 10.6 Å². The topological polar surface area (TPSA) is 67.4 Å². The quantitative estimate of drug-likeness (QED) is 0.845. The summed E-state index contributed by atoms with van der Waals surface area (Å²) >= 11 is 1.51. The Morgan fingerprint density at radius 1 is 1.30 bits per heavy atom. The van der Waals surface area contributed by atoms with Crippen molar-refractivity contribution in [1.82, 2.24) is 5.32 Å². The summed E-state index contributed by atoms with van der Waals surface area (Å²) in [5, 5.41) is 6.25. The van der Waals surface area contributed by atoms with Gasteiger partial charge in [0.25, 0.3) is 5.91 Å². The van der Waals surface area contributed by atoms with Crippen LogP contribution in [0.4, 0.5) is 5.69 Å². The van der Waals surface area contributed by atoms with Crippen LogP contribution >= 0.6 is 11.3 Å². The first-order valence-corrected chi connectivity index (χ1v) is 8.32. The van der Waals surface area contributed by atoms with E-state index in [0.717, 1.165) is 13.0 Å². The van der Waals surface area contributed by atoms with E-state index in [4.69, 9.17) is 0 Å². The third-order valence-corrected chi connectivity index (χ3v) is 4.99. The molecule has 1 aromatic heterocycles. The van der Waals surface area contributed by atoms with Crippen LogP contribution in [0.3, 0.4) is 0 Å². The van der Waals surface area contributed by atoms with E-state index in [1.54, 1.807) is 24.3 Å². The molecule has 0 spiro atoms. The predicted molar refractivity (Wildman–Crippen MR) is 90.0 cm³/mol. The average molecular weight is 330 g/mol. The van der Waals surface area contributed by atoms with Crippen LogP contribution in [0, 0.1) is 0 Å². The number of carbonyl (C=O) groups excluding carboxylic acids is 2. The zero-order chi connectivity index (χ0) is 16.2. The van der Waals surface area contributed by atoms with Crippen LogP contribution in [0.1, 0.15) is 43.8 Å². The van der Waals surface area contributed by atoms with Crippen LogP contribution in [0.2, 0.25) is 0 Å². The summed E-state index contributed by atoms with van der Waals surface area (Å²) < 4.78 is 4.68. The Balaban J connectivity index is 1.70. The Labute approximate surface area is 138 Å². The van der Waals surface area contributed by atoms with Gasteiger partial charge in [0, 0.05) is 16.6 Å². The molecule has 2 aromatic rings. The average Bonchev–Trinajstić information content (AvgIpc) is 3.25. The Morgan fingerprint density at radius 3 is 2.91 bits per heavy atom. The third-order valence-electron chi connectivity index (χ3n) is 3.80. The Hall–Kier alpha value is -2.18. The van der Waals surface area contributed by atoms with E-state index in [1.165, 1.54) is 29.7 Å². The van der Waals surface area contributed by atoms with E-state index < -0.39 is 5.97 Å². The van der Waals surface area contributed by atoms with Gasteiger partial charge in [-0.25, -0.2) is 4.79 Å². The Morgan fingerprint density at radius 2 is 2.17 bits per heavy atom. The van der Waals surface area contributed by atoms with Crippen molar-refractivity contribution in [2.24, 2.45) is 0 Å². The number of rotatable bonds is 4. The highest BCUT2D eigenvalue weighted by Crippen LogP contribution is 2.29. The number of carbonyl (C=O) groups is 2. The minimum absolute atomic E-state index is 0.165. The van der Waals surface area contributed by atoms with E-state index in [0.29, 0.717) is 22.2 Å². The fourth-order valence-electron chi connectivity index (χ4n) is 2.62. The zero-order valence-corrected chi connectivity index (χ0v) is 13.6. The van der Waals surface area contributed by atoms with Gasteiger partial charge in [-0.2, -0.15) is 0 Å². The van der Waals surface area contributed by atoms with E-state index in [9.17, 15) is 9.59 Å². The molecule has 2 heterocycles. The van der Waals surface area contributed by atoms with Crippen molar-refractivity contribution in [3.63, 3.8) is 0 Å². The molecule has 2 N–H and O–H groups in total. The van der Waals surface area contributed by atoms with E-state index in [1.807, 2.05) is 12.1 Å². The van der Waals surface area contributed by atoms with Crippen molar-refractivity contribution >= 4 is 28.9 Å². The van der Waals surface area contributed by atoms with Gasteiger partial charge in [-0.1, -0.05) is 6.07 Å². The molecule has 1 aromatic carbocycles. The molecule has 0 saturated carbocycles. The molecule has 0 bridgehead atoms. The molecule has 0 radical (unpaired) electrons. The van der Waals surface area contributed by atoms with Crippen molar-refractivity contribution in [2.45, 2.75) is 18.9 Å². The van der Waals surface area contributed by atoms with Gasteiger partial charge in [-0.05, 0) is 49.7 Å². The number of ether oxygens (including phenoxy) is 1. The lowest BCUT2D eigenvalue weighted by Crippen LogP contribution is -2.12. The lowest BCUT2D eigenvalue weighted by atomic mass is 10.2. The number of hydrogen-bond acceptors (Lipinski definition) is 5. The molecular formula is C17H18N2O3S. The SMILES string of the molecule is COC(=O)c1cccc(NC(=O)c2ccc(C3CCCN3)s2)c1. The van der Waals surface area contributed by atoms with Gasteiger partial charge in [0.05, 0.1) is 17.6 Å². The summed E-state index contributed by atoms with van der Waals surface area (Å²) in [6.45, 7) is 1.03. The molecule has 1 atom stereocenters. The second kappa shape index (κ2) is 6.93. The number of esters is 1. The highest BCUT2D eigenvalue weighted by atomic mass is 32.1. The van der Waals surface area contributed by atoms with Crippen LogP contribution in [-0.2, 0) is 4.74 Å². The monoisotopic (exact) mass is 330 g/mol. The normalized spacial score (nSPS) is 17.0. The summed E-state index contributed by atoms with van der Waals surface area (Å²) in [5.74, 6) is -0.590. The number of amides is 1. The second-order valence-corrected chi connectivity index (χ2v) is 6.49. The molecule has 1 fully saturated rings. The smallest absolute Gasteiger partial charge is 0.337 e. The van der Waals surface area contributed by atoms with Gasteiger partial charge in [0.2, 0.25) is 0 Å². The van der Waals surface area contributed by atoms with Crippen molar-refractivity contribution in [3.8, 4) is 0 Å². The maximum Gasteiger partial charge on any atom is 0.337 e. The fraction of sp³-hybridized carbons (Fsp3) is 0.294. The molecule has 3 rings (SSSR count). The predicted octanol–water partition coefficient (Wildman–Crippen LogP) is 3.21. The minimum atomic E-state index is -0.424. The molecule has 120 valence electrons. The minimum Gasteiger partial charge on any atom is -0.465 e.